The summed E-state index contributed by atoms with van der Waals surface area (Å²) in [5, 5.41) is 15.0. The number of nitro groups is 1. The summed E-state index contributed by atoms with van der Waals surface area (Å²) in [6.45, 7) is 2.25. The Morgan fingerprint density at radius 3 is 2.72 bits per heavy atom. The van der Waals surface area contributed by atoms with Crippen molar-refractivity contribution in [1.29, 1.82) is 0 Å². The number of hydrogen-bond donors (Lipinski definition) is 1. The predicted octanol–water partition coefficient (Wildman–Crippen LogP) is 1.47. The number of piperazine rings is 1. The number of nitrogens with zero attached hydrogens (tertiary/aromatic N) is 2. The molecule has 0 saturated carbocycles. The van der Waals surface area contributed by atoms with Gasteiger partial charge in [0.05, 0.1) is 12.0 Å². The van der Waals surface area contributed by atoms with Crippen LogP contribution in [-0.2, 0) is 16.1 Å². The van der Waals surface area contributed by atoms with Gasteiger partial charge in [0.2, 0.25) is 0 Å². The Balaban J connectivity index is 1.68. The van der Waals surface area contributed by atoms with Gasteiger partial charge in [-0.1, -0.05) is 12.5 Å². The zero-order valence-corrected chi connectivity index (χ0v) is 14.3. The second kappa shape index (κ2) is 7.79. The number of hydrogen-bond acceptors (Lipinski definition) is 7. The topological polar surface area (TPSA) is 93.9 Å². The van der Waals surface area contributed by atoms with Crippen molar-refractivity contribution < 1.29 is 19.2 Å². The fourth-order valence-electron chi connectivity index (χ4n) is 3.61. The second-order valence-corrected chi connectivity index (χ2v) is 6.61. The van der Waals surface area contributed by atoms with Crippen LogP contribution in [-0.4, -0.2) is 54.7 Å². The first-order chi connectivity index (χ1) is 12.0. The molecule has 2 aliphatic rings. The third-order valence-corrected chi connectivity index (χ3v) is 4.73. The molecule has 2 fully saturated rings. The monoisotopic (exact) mass is 349 g/mol. The summed E-state index contributed by atoms with van der Waals surface area (Å²) in [6, 6.07) is 5.94. The van der Waals surface area contributed by atoms with Crippen LogP contribution in [0.3, 0.4) is 0 Å². The van der Waals surface area contributed by atoms with Crippen LogP contribution < -0.4 is 10.1 Å². The standard InChI is InChI=1S/C17H23N3O5/c1-24-17(21)11-25-16-6-5-12(7-15(16)20(22)23)8-19-9-13-3-2-4-14(10-19)18-13/h5-7,13-14,18H,2-4,8-11H2,1H3. The highest BCUT2D eigenvalue weighted by molar-refractivity contribution is 5.71. The minimum atomic E-state index is -0.578. The molecule has 8 nitrogen and oxygen atoms in total. The van der Waals surface area contributed by atoms with Crippen LogP contribution >= 0.6 is 0 Å². The second-order valence-electron chi connectivity index (χ2n) is 6.61. The molecule has 3 rings (SSSR count). The lowest BCUT2D eigenvalue weighted by molar-refractivity contribution is -0.385. The van der Waals surface area contributed by atoms with Gasteiger partial charge < -0.3 is 14.8 Å². The summed E-state index contributed by atoms with van der Waals surface area (Å²) in [6.07, 6.45) is 3.65. The van der Waals surface area contributed by atoms with E-state index in [1.807, 2.05) is 6.07 Å². The Hall–Kier alpha value is -2.19. The highest BCUT2D eigenvalue weighted by atomic mass is 16.6. The highest BCUT2D eigenvalue weighted by Gasteiger charge is 2.30. The van der Waals surface area contributed by atoms with Gasteiger partial charge in [0.1, 0.15) is 0 Å². The molecular weight excluding hydrogens is 326 g/mol. The number of carbonyl (C=O) groups is 1. The summed E-state index contributed by atoms with van der Waals surface area (Å²) in [7, 11) is 1.24. The summed E-state index contributed by atoms with van der Waals surface area (Å²) in [5.41, 5.74) is 0.744. The number of methoxy groups -OCH3 is 1. The van der Waals surface area contributed by atoms with Gasteiger partial charge in [-0.15, -0.1) is 0 Å². The maximum absolute atomic E-state index is 11.3. The number of esters is 1. The third kappa shape index (κ3) is 4.46. The Morgan fingerprint density at radius 1 is 1.36 bits per heavy atom. The summed E-state index contributed by atoms with van der Waals surface area (Å²) >= 11 is 0. The fraction of sp³-hybridized carbons (Fsp3) is 0.588. The molecule has 2 heterocycles. The molecule has 2 atom stereocenters. The van der Waals surface area contributed by atoms with E-state index in [-0.39, 0.29) is 18.0 Å². The van der Waals surface area contributed by atoms with Crippen LogP contribution in [0.4, 0.5) is 5.69 Å². The largest absolute Gasteiger partial charge is 0.475 e. The summed E-state index contributed by atoms with van der Waals surface area (Å²) in [4.78, 5) is 24.4. The molecule has 2 aliphatic heterocycles. The zero-order chi connectivity index (χ0) is 17.8. The number of rotatable bonds is 6. The van der Waals surface area contributed by atoms with Gasteiger partial charge in [-0.05, 0) is 24.5 Å². The molecule has 1 aromatic rings. The number of nitrogens with one attached hydrogen (secondary N) is 1. The molecule has 1 N–H and O–H groups in total. The molecule has 1 aromatic carbocycles. The van der Waals surface area contributed by atoms with Gasteiger partial charge in [-0.3, -0.25) is 15.0 Å². The Kier molecular flexibility index (Phi) is 5.50. The molecule has 0 amide bonds. The molecule has 2 saturated heterocycles. The number of piperidine rings is 1. The van der Waals surface area contributed by atoms with Crippen molar-refractivity contribution in [2.75, 3.05) is 26.8 Å². The Labute approximate surface area is 146 Å². The molecule has 2 unspecified atom stereocenters. The van der Waals surface area contributed by atoms with Gasteiger partial charge in [0.15, 0.2) is 12.4 Å². The van der Waals surface area contributed by atoms with Crippen molar-refractivity contribution in [3.05, 3.63) is 33.9 Å². The van der Waals surface area contributed by atoms with E-state index in [0.29, 0.717) is 18.6 Å². The van der Waals surface area contributed by atoms with Crippen molar-refractivity contribution in [3.8, 4) is 5.75 Å². The smallest absolute Gasteiger partial charge is 0.343 e. The van der Waals surface area contributed by atoms with E-state index in [4.69, 9.17) is 4.74 Å². The molecule has 0 aromatic heterocycles. The first kappa shape index (κ1) is 17.6. The van der Waals surface area contributed by atoms with E-state index in [1.54, 1.807) is 6.07 Å². The maximum Gasteiger partial charge on any atom is 0.343 e. The molecular formula is C17H23N3O5. The summed E-state index contributed by atoms with van der Waals surface area (Å²) in [5.74, 6) is -0.498. The van der Waals surface area contributed by atoms with Crippen molar-refractivity contribution in [2.24, 2.45) is 0 Å². The molecule has 0 radical (unpaired) electrons. The molecule has 0 spiro atoms. The molecule has 136 valence electrons. The number of fused-ring (bicyclic) bond motifs is 2. The number of benzene rings is 1. The average Bonchev–Trinajstić information content (AvgIpc) is 2.59. The molecule has 2 bridgehead atoms. The third-order valence-electron chi connectivity index (χ3n) is 4.73. The van der Waals surface area contributed by atoms with E-state index in [1.165, 1.54) is 32.4 Å². The van der Waals surface area contributed by atoms with E-state index in [0.717, 1.165) is 18.7 Å². The first-order valence-corrected chi connectivity index (χ1v) is 8.50. The molecule has 25 heavy (non-hydrogen) atoms. The lowest BCUT2D eigenvalue weighted by atomic mass is 9.94. The molecule has 0 aliphatic carbocycles. The van der Waals surface area contributed by atoms with Crippen molar-refractivity contribution in [3.63, 3.8) is 0 Å². The van der Waals surface area contributed by atoms with Crippen molar-refractivity contribution in [2.45, 2.75) is 37.9 Å². The van der Waals surface area contributed by atoms with Crippen molar-refractivity contribution in [1.82, 2.24) is 10.2 Å². The Morgan fingerprint density at radius 2 is 2.08 bits per heavy atom. The van der Waals surface area contributed by atoms with Crippen LogP contribution in [0.1, 0.15) is 24.8 Å². The van der Waals surface area contributed by atoms with Gasteiger partial charge in [-0.25, -0.2) is 4.79 Å². The lowest BCUT2D eigenvalue weighted by Crippen LogP contribution is -2.58. The van der Waals surface area contributed by atoms with Gasteiger partial charge in [-0.2, -0.15) is 0 Å². The van der Waals surface area contributed by atoms with E-state index >= 15 is 0 Å². The van der Waals surface area contributed by atoms with Gasteiger partial charge in [0, 0.05) is 37.8 Å². The van der Waals surface area contributed by atoms with Crippen LogP contribution in [0.5, 0.6) is 5.75 Å². The highest BCUT2D eigenvalue weighted by Crippen LogP contribution is 2.29. The predicted molar refractivity (Wildman–Crippen MR) is 90.4 cm³/mol. The minimum absolute atomic E-state index is 0.0799. The van der Waals surface area contributed by atoms with Crippen molar-refractivity contribution >= 4 is 11.7 Å². The summed E-state index contributed by atoms with van der Waals surface area (Å²) < 4.78 is 9.70. The van der Waals surface area contributed by atoms with Crippen LogP contribution in [0.25, 0.3) is 0 Å². The van der Waals surface area contributed by atoms with E-state index in [2.05, 4.69) is 15.0 Å². The average molecular weight is 349 g/mol. The van der Waals surface area contributed by atoms with Gasteiger partial charge >= 0.3 is 11.7 Å². The van der Waals surface area contributed by atoms with Crippen LogP contribution in [0.2, 0.25) is 0 Å². The van der Waals surface area contributed by atoms with E-state index in [9.17, 15) is 14.9 Å². The first-order valence-electron chi connectivity index (χ1n) is 8.50. The maximum atomic E-state index is 11.3. The SMILES string of the molecule is COC(=O)COc1ccc(CN2CC3CCCC(C2)N3)cc1[N+](=O)[O-]. The number of ether oxygens (including phenoxy) is 2. The Bertz CT molecular complexity index is 639. The van der Waals surface area contributed by atoms with Gasteiger partial charge in [0.25, 0.3) is 0 Å². The van der Waals surface area contributed by atoms with Crippen LogP contribution in [0, 0.1) is 10.1 Å². The fourth-order valence-corrected chi connectivity index (χ4v) is 3.61. The minimum Gasteiger partial charge on any atom is -0.475 e. The number of nitro benzene ring substituents is 1. The number of likely N-dealkylation sites (tertiary alicyclic amines) is 1. The zero-order valence-electron chi connectivity index (χ0n) is 14.3. The number of carbonyl (C=O) groups excluding carboxylic acids is 1. The quantitative estimate of drug-likeness (QED) is 0.472. The molecule has 8 heteroatoms. The normalized spacial score (nSPS) is 23.1. The lowest BCUT2D eigenvalue weighted by Gasteiger charge is -2.42. The van der Waals surface area contributed by atoms with E-state index < -0.39 is 10.9 Å². The van der Waals surface area contributed by atoms with Crippen LogP contribution in [0.15, 0.2) is 18.2 Å².